The van der Waals surface area contributed by atoms with E-state index in [1.807, 2.05) is 19.9 Å². The number of nitrogens with one attached hydrogen (secondary N) is 3. The van der Waals surface area contributed by atoms with Crippen molar-refractivity contribution < 1.29 is 5.11 Å². The number of hydrogen-bond acceptors (Lipinski definition) is 4. The second-order valence-corrected chi connectivity index (χ2v) is 4.09. The number of para-hydroxylation sites is 1. The van der Waals surface area contributed by atoms with Gasteiger partial charge in [-0.2, -0.15) is 5.10 Å². The van der Waals surface area contributed by atoms with Crippen LogP contribution in [-0.4, -0.2) is 22.5 Å². The van der Waals surface area contributed by atoms with Gasteiger partial charge in [0.05, 0.1) is 6.21 Å². The summed E-state index contributed by atoms with van der Waals surface area (Å²) in [4.78, 5) is 0. The lowest BCUT2D eigenvalue weighted by Gasteiger charge is -2.10. The Morgan fingerprint density at radius 1 is 1.41 bits per heavy atom. The van der Waals surface area contributed by atoms with Crippen molar-refractivity contribution in [3.8, 4) is 5.75 Å². The Morgan fingerprint density at radius 2 is 2.12 bits per heavy atom. The lowest BCUT2D eigenvalue weighted by molar-refractivity contribution is 0.474. The van der Waals surface area contributed by atoms with Gasteiger partial charge in [0.2, 0.25) is 5.11 Å². The van der Waals surface area contributed by atoms with E-state index < -0.39 is 0 Å². The van der Waals surface area contributed by atoms with Crippen LogP contribution in [0.15, 0.2) is 29.4 Å². The molecule has 5 nitrogen and oxygen atoms in total. The second-order valence-electron chi connectivity index (χ2n) is 3.68. The number of rotatable bonds is 4. The van der Waals surface area contributed by atoms with E-state index in [-0.39, 0.29) is 11.8 Å². The largest absolute Gasteiger partial charge is 0.507 e. The number of hydrazone groups is 1. The highest BCUT2D eigenvalue weighted by molar-refractivity contribution is 7.80. The van der Waals surface area contributed by atoms with E-state index in [0.717, 1.165) is 0 Å². The number of thiocarbonyl (C=S) groups is 1. The minimum Gasteiger partial charge on any atom is -0.507 e. The Bertz CT molecular complexity index is 406. The number of aromatic hydroxyl groups is 1. The van der Waals surface area contributed by atoms with Crippen LogP contribution in [0.3, 0.4) is 0 Å². The smallest absolute Gasteiger partial charge is 0.201 e. The number of benzene rings is 1. The average Bonchev–Trinajstić information content (AvgIpc) is 2.29. The first kappa shape index (κ1) is 13.4. The van der Waals surface area contributed by atoms with Crippen LogP contribution >= 0.6 is 12.2 Å². The maximum atomic E-state index is 9.47. The van der Waals surface area contributed by atoms with Gasteiger partial charge >= 0.3 is 0 Å². The number of phenols is 1. The first-order valence-corrected chi connectivity index (χ1v) is 5.63. The summed E-state index contributed by atoms with van der Waals surface area (Å²) in [6.07, 6.45) is 1.50. The Balaban J connectivity index is 2.40. The SMILES string of the molecule is CC(C)NNC(=S)N/N=C\c1ccccc1O. The van der Waals surface area contributed by atoms with Gasteiger partial charge in [0.25, 0.3) is 0 Å². The average molecular weight is 252 g/mol. The highest BCUT2D eigenvalue weighted by Crippen LogP contribution is 2.12. The number of nitrogens with zero attached hydrogens (tertiary/aromatic N) is 1. The first-order valence-electron chi connectivity index (χ1n) is 5.22. The quantitative estimate of drug-likeness (QED) is 0.367. The molecular weight excluding hydrogens is 236 g/mol. The molecule has 0 atom stereocenters. The molecular formula is C11H16N4OS. The minimum absolute atomic E-state index is 0.178. The van der Waals surface area contributed by atoms with Gasteiger partial charge < -0.3 is 5.11 Å². The third kappa shape index (κ3) is 5.28. The maximum absolute atomic E-state index is 9.47. The first-order chi connectivity index (χ1) is 8.09. The monoisotopic (exact) mass is 252 g/mol. The standard InChI is InChI=1S/C11H16N4OS/c1-8(2)13-15-11(17)14-12-7-9-5-3-4-6-10(9)16/h3-8,13,16H,1-2H3,(H2,14,15,17)/b12-7-. The third-order valence-electron chi connectivity index (χ3n) is 1.78. The summed E-state index contributed by atoms with van der Waals surface area (Å²) in [6, 6.07) is 7.19. The van der Waals surface area contributed by atoms with E-state index >= 15 is 0 Å². The van der Waals surface area contributed by atoms with Crippen molar-refractivity contribution in [3.63, 3.8) is 0 Å². The number of phenolic OH excluding ortho intramolecular Hbond substituents is 1. The Kier molecular flexibility index (Phi) is 5.38. The highest BCUT2D eigenvalue weighted by atomic mass is 32.1. The molecule has 0 aliphatic carbocycles. The fourth-order valence-electron chi connectivity index (χ4n) is 0.995. The fourth-order valence-corrected chi connectivity index (χ4v) is 1.11. The molecule has 6 heteroatoms. The zero-order valence-electron chi connectivity index (χ0n) is 9.77. The molecule has 0 heterocycles. The van der Waals surface area contributed by atoms with Crippen LogP contribution in [0.4, 0.5) is 0 Å². The summed E-state index contributed by atoms with van der Waals surface area (Å²) >= 11 is 4.96. The fraction of sp³-hybridized carbons (Fsp3) is 0.273. The van der Waals surface area contributed by atoms with Crippen molar-refractivity contribution in [3.05, 3.63) is 29.8 Å². The van der Waals surface area contributed by atoms with Crippen LogP contribution in [0.25, 0.3) is 0 Å². The molecule has 1 aromatic carbocycles. The molecule has 0 saturated heterocycles. The third-order valence-corrected chi connectivity index (χ3v) is 1.97. The number of hydrogen-bond donors (Lipinski definition) is 4. The van der Waals surface area contributed by atoms with E-state index in [1.54, 1.807) is 18.2 Å². The van der Waals surface area contributed by atoms with Gasteiger partial charge in [0.15, 0.2) is 0 Å². The molecule has 0 aliphatic rings. The van der Waals surface area contributed by atoms with E-state index in [1.165, 1.54) is 6.21 Å². The molecule has 0 aliphatic heterocycles. The van der Waals surface area contributed by atoms with Crippen molar-refractivity contribution >= 4 is 23.5 Å². The zero-order chi connectivity index (χ0) is 12.7. The summed E-state index contributed by atoms with van der Waals surface area (Å²) in [5.41, 5.74) is 8.96. The molecule has 17 heavy (non-hydrogen) atoms. The van der Waals surface area contributed by atoms with Gasteiger partial charge in [-0.3, -0.25) is 10.9 Å². The van der Waals surface area contributed by atoms with Gasteiger partial charge in [0.1, 0.15) is 5.75 Å². The molecule has 0 radical (unpaired) electrons. The molecule has 0 unspecified atom stereocenters. The molecule has 92 valence electrons. The zero-order valence-corrected chi connectivity index (χ0v) is 10.6. The number of hydrazine groups is 1. The molecule has 0 amide bonds. The van der Waals surface area contributed by atoms with Crippen LogP contribution in [0.5, 0.6) is 5.75 Å². The summed E-state index contributed by atoms with van der Waals surface area (Å²) in [7, 11) is 0. The normalized spacial score (nSPS) is 10.8. The Hall–Kier alpha value is -1.66. The topological polar surface area (TPSA) is 68.7 Å². The Labute approximate surface area is 106 Å². The lowest BCUT2D eigenvalue weighted by atomic mass is 10.2. The molecule has 1 aromatic rings. The van der Waals surface area contributed by atoms with Crippen molar-refractivity contribution in [2.45, 2.75) is 19.9 Å². The maximum Gasteiger partial charge on any atom is 0.201 e. The van der Waals surface area contributed by atoms with Gasteiger partial charge in [-0.1, -0.05) is 12.1 Å². The van der Waals surface area contributed by atoms with Crippen molar-refractivity contribution in [1.82, 2.24) is 16.3 Å². The second kappa shape index (κ2) is 6.82. The van der Waals surface area contributed by atoms with Gasteiger partial charge in [0, 0.05) is 11.6 Å². The van der Waals surface area contributed by atoms with Crippen LogP contribution in [0.2, 0.25) is 0 Å². The van der Waals surface area contributed by atoms with E-state index in [2.05, 4.69) is 21.4 Å². The minimum atomic E-state index is 0.178. The Morgan fingerprint density at radius 3 is 2.76 bits per heavy atom. The molecule has 0 spiro atoms. The summed E-state index contributed by atoms with van der Waals surface area (Å²) < 4.78 is 0. The predicted octanol–water partition coefficient (Wildman–Crippen LogP) is 1.10. The van der Waals surface area contributed by atoms with Crippen LogP contribution in [0, 0.1) is 0 Å². The molecule has 1 rings (SSSR count). The molecule has 0 saturated carbocycles. The van der Waals surface area contributed by atoms with Crippen LogP contribution in [0.1, 0.15) is 19.4 Å². The lowest BCUT2D eigenvalue weighted by Crippen LogP contribution is -2.45. The van der Waals surface area contributed by atoms with Gasteiger partial charge in [-0.05, 0) is 38.2 Å². The molecule has 4 N–H and O–H groups in total. The predicted molar refractivity (Wildman–Crippen MR) is 72.8 cm³/mol. The summed E-state index contributed by atoms with van der Waals surface area (Å²) in [5.74, 6) is 0.178. The van der Waals surface area contributed by atoms with Gasteiger partial charge in [-0.15, -0.1) is 0 Å². The van der Waals surface area contributed by atoms with Gasteiger partial charge in [-0.25, -0.2) is 5.43 Å². The van der Waals surface area contributed by atoms with Crippen molar-refractivity contribution in [2.24, 2.45) is 5.10 Å². The van der Waals surface area contributed by atoms with E-state index in [0.29, 0.717) is 10.7 Å². The molecule has 0 aromatic heterocycles. The summed E-state index contributed by atoms with van der Waals surface area (Å²) in [5, 5.41) is 13.7. The van der Waals surface area contributed by atoms with Crippen LogP contribution < -0.4 is 16.3 Å². The summed E-state index contributed by atoms with van der Waals surface area (Å²) in [6.45, 7) is 3.97. The highest BCUT2D eigenvalue weighted by Gasteiger charge is 1.96. The van der Waals surface area contributed by atoms with Crippen LogP contribution in [-0.2, 0) is 0 Å². The molecule has 0 fully saturated rings. The molecule has 0 bridgehead atoms. The van der Waals surface area contributed by atoms with E-state index in [4.69, 9.17) is 12.2 Å². The van der Waals surface area contributed by atoms with Crippen molar-refractivity contribution in [1.29, 1.82) is 0 Å². The van der Waals surface area contributed by atoms with E-state index in [9.17, 15) is 5.11 Å². The van der Waals surface area contributed by atoms with Crippen molar-refractivity contribution in [2.75, 3.05) is 0 Å².